The van der Waals surface area contributed by atoms with E-state index < -0.39 is 24.2 Å². The van der Waals surface area contributed by atoms with Crippen molar-refractivity contribution >= 4 is 5.91 Å². The van der Waals surface area contributed by atoms with Crippen LogP contribution in [0, 0.1) is 0 Å². The lowest BCUT2D eigenvalue weighted by molar-refractivity contribution is -0.131. The molecule has 0 bridgehead atoms. The van der Waals surface area contributed by atoms with Crippen molar-refractivity contribution < 1.29 is 20.1 Å². The lowest BCUT2D eigenvalue weighted by Crippen LogP contribution is -2.49. The predicted molar refractivity (Wildman–Crippen MR) is 232 cm³/mol. The standard InChI is InChI=1S/C48H97NO4/c1-3-5-7-9-11-13-15-17-19-21-23-25-27-29-31-33-35-37-39-41-43-47(52)48(53)49-45(44-50)46(51)42-40-38-36-34-32-30-28-26-24-22-20-18-16-14-12-10-8-6-4-2/h45-47,50-52H,3-44H2,1-2H3,(H,49,53). The third kappa shape index (κ3) is 39.4. The summed E-state index contributed by atoms with van der Waals surface area (Å²) in [5.41, 5.74) is 0. The van der Waals surface area contributed by atoms with Crippen molar-refractivity contribution in [2.45, 2.75) is 295 Å². The second-order valence-corrected chi connectivity index (χ2v) is 17.0. The van der Waals surface area contributed by atoms with E-state index in [0.29, 0.717) is 12.8 Å². The van der Waals surface area contributed by atoms with Gasteiger partial charge in [-0.1, -0.05) is 264 Å². The molecule has 0 aromatic heterocycles. The first kappa shape index (κ1) is 52.3. The van der Waals surface area contributed by atoms with Crippen LogP contribution in [0.4, 0.5) is 0 Å². The molecule has 0 rings (SSSR count). The Morgan fingerprint density at radius 2 is 0.604 bits per heavy atom. The Balaban J connectivity index is 3.55. The molecular weight excluding hydrogens is 655 g/mol. The minimum Gasteiger partial charge on any atom is -0.394 e. The van der Waals surface area contributed by atoms with E-state index in [1.165, 1.54) is 218 Å². The minimum atomic E-state index is -1.07. The van der Waals surface area contributed by atoms with Crippen molar-refractivity contribution in [2.75, 3.05) is 6.61 Å². The van der Waals surface area contributed by atoms with Gasteiger partial charge in [-0.3, -0.25) is 4.79 Å². The number of unbranched alkanes of at least 4 members (excludes halogenated alkanes) is 37. The molecule has 0 saturated heterocycles. The van der Waals surface area contributed by atoms with Crippen LogP contribution in [-0.2, 0) is 4.79 Å². The highest BCUT2D eigenvalue weighted by Gasteiger charge is 2.23. The number of nitrogens with one attached hydrogen (secondary N) is 1. The Bertz CT molecular complexity index is 703. The van der Waals surface area contributed by atoms with Gasteiger partial charge in [-0.15, -0.1) is 0 Å². The van der Waals surface area contributed by atoms with Crippen molar-refractivity contribution in [3.8, 4) is 0 Å². The molecule has 0 aliphatic carbocycles. The molecule has 53 heavy (non-hydrogen) atoms. The lowest BCUT2D eigenvalue weighted by Gasteiger charge is -2.23. The maximum atomic E-state index is 12.5. The van der Waals surface area contributed by atoms with Crippen LogP contribution < -0.4 is 5.32 Å². The number of carbonyl (C=O) groups excluding carboxylic acids is 1. The lowest BCUT2D eigenvalue weighted by atomic mass is 10.0. The summed E-state index contributed by atoms with van der Waals surface area (Å²) < 4.78 is 0. The fraction of sp³-hybridized carbons (Fsp3) is 0.979. The van der Waals surface area contributed by atoms with Gasteiger partial charge in [0.1, 0.15) is 6.10 Å². The summed E-state index contributed by atoms with van der Waals surface area (Å²) in [6, 6.07) is -0.706. The van der Waals surface area contributed by atoms with Gasteiger partial charge in [0.2, 0.25) is 5.91 Å². The van der Waals surface area contributed by atoms with E-state index in [4.69, 9.17) is 0 Å². The summed E-state index contributed by atoms with van der Waals surface area (Å²) in [4.78, 5) is 12.5. The second-order valence-electron chi connectivity index (χ2n) is 17.0. The molecule has 0 spiro atoms. The molecule has 5 nitrogen and oxygen atoms in total. The van der Waals surface area contributed by atoms with E-state index in [2.05, 4.69) is 19.2 Å². The van der Waals surface area contributed by atoms with E-state index in [1.54, 1.807) is 0 Å². The SMILES string of the molecule is CCCCCCCCCCCCCCCCCCCCCCC(O)C(=O)NC(CO)C(O)CCCCCCCCCCCCCCCCCCCCC. The monoisotopic (exact) mass is 752 g/mol. The molecule has 5 heteroatoms. The molecule has 1 amide bonds. The van der Waals surface area contributed by atoms with Gasteiger partial charge in [-0.2, -0.15) is 0 Å². The van der Waals surface area contributed by atoms with Crippen LogP contribution in [0.2, 0.25) is 0 Å². The van der Waals surface area contributed by atoms with Gasteiger partial charge in [0.25, 0.3) is 0 Å². The van der Waals surface area contributed by atoms with Crippen molar-refractivity contribution in [3.63, 3.8) is 0 Å². The average molecular weight is 752 g/mol. The van der Waals surface area contributed by atoms with E-state index in [9.17, 15) is 20.1 Å². The molecule has 0 saturated carbocycles. The van der Waals surface area contributed by atoms with Gasteiger partial charge in [0.05, 0.1) is 18.8 Å². The fourth-order valence-corrected chi connectivity index (χ4v) is 7.90. The molecule has 0 fully saturated rings. The number of hydrogen-bond acceptors (Lipinski definition) is 4. The van der Waals surface area contributed by atoms with E-state index in [-0.39, 0.29) is 6.61 Å². The Morgan fingerprint density at radius 3 is 0.849 bits per heavy atom. The zero-order chi connectivity index (χ0) is 38.7. The summed E-state index contributed by atoms with van der Waals surface area (Å²) in [5, 5.41) is 33.4. The predicted octanol–water partition coefficient (Wildman–Crippen LogP) is 14.2. The van der Waals surface area contributed by atoms with Crippen LogP contribution in [0.25, 0.3) is 0 Å². The highest BCUT2D eigenvalue weighted by atomic mass is 16.3. The smallest absolute Gasteiger partial charge is 0.249 e. The Hall–Kier alpha value is -0.650. The molecule has 4 N–H and O–H groups in total. The largest absolute Gasteiger partial charge is 0.394 e. The van der Waals surface area contributed by atoms with Crippen molar-refractivity contribution in [1.82, 2.24) is 5.32 Å². The summed E-state index contributed by atoms with van der Waals surface area (Å²) >= 11 is 0. The van der Waals surface area contributed by atoms with E-state index in [0.717, 1.165) is 32.1 Å². The van der Waals surface area contributed by atoms with Crippen LogP contribution in [-0.4, -0.2) is 46.1 Å². The van der Waals surface area contributed by atoms with Crippen LogP contribution in [0.5, 0.6) is 0 Å². The number of hydrogen-bond donors (Lipinski definition) is 4. The molecule has 0 aliphatic heterocycles. The molecule has 0 aromatic carbocycles. The van der Waals surface area contributed by atoms with Crippen molar-refractivity contribution in [3.05, 3.63) is 0 Å². The average Bonchev–Trinajstić information content (AvgIpc) is 3.16. The first-order valence-electron chi connectivity index (χ1n) is 24.3. The maximum absolute atomic E-state index is 12.5. The number of aliphatic hydroxyl groups is 3. The molecule has 0 radical (unpaired) electrons. The Labute approximate surface area is 332 Å². The van der Waals surface area contributed by atoms with Crippen LogP contribution in [0.3, 0.4) is 0 Å². The summed E-state index contributed by atoms with van der Waals surface area (Å²) in [6.45, 7) is 4.26. The zero-order valence-corrected chi connectivity index (χ0v) is 36.2. The second kappa shape index (κ2) is 44.1. The van der Waals surface area contributed by atoms with Gasteiger partial charge in [-0.25, -0.2) is 0 Å². The number of amides is 1. The zero-order valence-electron chi connectivity index (χ0n) is 36.2. The fourth-order valence-electron chi connectivity index (χ4n) is 7.90. The minimum absolute atomic E-state index is 0.307. The Kier molecular flexibility index (Phi) is 43.5. The summed E-state index contributed by atoms with van der Waals surface area (Å²) in [5.74, 6) is -0.464. The molecule has 0 heterocycles. The topological polar surface area (TPSA) is 89.8 Å². The van der Waals surface area contributed by atoms with Gasteiger partial charge < -0.3 is 20.6 Å². The van der Waals surface area contributed by atoms with Gasteiger partial charge >= 0.3 is 0 Å². The van der Waals surface area contributed by atoms with E-state index >= 15 is 0 Å². The maximum Gasteiger partial charge on any atom is 0.249 e. The normalized spacial score (nSPS) is 13.4. The highest BCUT2D eigenvalue weighted by molar-refractivity contribution is 5.80. The third-order valence-electron chi connectivity index (χ3n) is 11.7. The van der Waals surface area contributed by atoms with Gasteiger partial charge in [0, 0.05) is 0 Å². The molecule has 318 valence electrons. The van der Waals surface area contributed by atoms with Crippen LogP contribution >= 0.6 is 0 Å². The number of aliphatic hydroxyl groups excluding tert-OH is 3. The first-order valence-corrected chi connectivity index (χ1v) is 24.3. The number of carbonyl (C=O) groups is 1. The Morgan fingerprint density at radius 1 is 0.377 bits per heavy atom. The number of rotatable bonds is 45. The van der Waals surface area contributed by atoms with Gasteiger partial charge in [-0.05, 0) is 12.8 Å². The van der Waals surface area contributed by atoms with E-state index in [1.807, 2.05) is 0 Å². The van der Waals surface area contributed by atoms with Gasteiger partial charge in [0.15, 0.2) is 0 Å². The quantitative estimate of drug-likeness (QED) is 0.0466. The first-order chi connectivity index (χ1) is 26.1. The molecule has 3 atom stereocenters. The highest BCUT2D eigenvalue weighted by Crippen LogP contribution is 2.18. The molecule has 0 aliphatic rings. The molecule has 3 unspecified atom stereocenters. The van der Waals surface area contributed by atoms with Crippen molar-refractivity contribution in [1.29, 1.82) is 0 Å². The molecule has 0 aromatic rings. The van der Waals surface area contributed by atoms with Crippen molar-refractivity contribution in [2.24, 2.45) is 0 Å². The van der Waals surface area contributed by atoms with Crippen LogP contribution in [0.15, 0.2) is 0 Å². The summed E-state index contributed by atoms with van der Waals surface area (Å²) in [6.07, 6.45) is 51.1. The molecular formula is C48H97NO4. The third-order valence-corrected chi connectivity index (χ3v) is 11.7. The summed E-state index contributed by atoms with van der Waals surface area (Å²) in [7, 11) is 0. The van der Waals surface area contributed by atoms with Crippen LogP contribution in [0.1, 0.15) is 277 Å².